The van der Waals surface area contributed by atoms with Gasteiger partial charge in [-0.3, -0.25) is 4.79 Å². The van der Waals surface area contributed by atoms with Gasteiger partial charge in [0.1, 0.15) is 5.41 Å². The summed E-state index contributed by atoms with van der Waals surface area (Å²) in [6.45, 7) is 6.10. The first kappa shape index (κ1) is 8.75. The number of rotatable bonds is 0. The Morgan fingerprint density at radius 2 is 2.38 bits per heavy atom. The van der Waals surface area contributed by atoms with E-state index in [0.717, 1.165) is 12.0 Å². The van der Waals surface area contributed by atoms with E-state index in [0.29, 0.717) is 13.0 Å². The van der Waals surface area contributed by atoms with Crippen LogP contribution in [0, 0.1) is 11.3 Å². The Morgan fingerprint density at radius 3 is 3.00 bits per heavy atom. The minimum atomic E-state index is -0.727. The summed E-state index contributed by atoms with van der Waals surface area (Å²) >= 11 is 0. The number of hydrogen-bond acceptors (Lipinski definition) is 3. The average Bonchev–Trinajstić information content (AvgIpc) is 2.39. The van der Waals surface area contributed by atoms with Gasteiger partial charge in [0, 0.05) is 5.92 Å². The molecule has 3 atom stereocenters. The standard InChI is InChI=1S/C10H14O3/c1-6-3-4-8(11)10(2)7(6)5-13-9(10)12/h7-8,11H,1,3-5H2,2H3. The number of aliphatic hydroxyl groups is 1. The van der Waals surface area contributed by atoms with E-state index in [-0.39, 0.29) is 11.9 Å². The fraction of sp³-hybridized carbons (Fsp3) is 0.700. The van der Waals surface area contributed by atoms with Crippen molar-refractivity contribution >= 4 is 5.97 Å². The monoisotopic (exact) mass is 182 g/mol. The Balaban J connectivity index is 2.38. The van der Waals surface area contributed by atoms with Gasteiger partial charge in [-0.15, -0.1) is 0 Å². The van der Waals surface area contributed by atoms with Crippen LogP contribution in [0.1, 0.15) is 19.8 Å². The highest BCUT2D eigenvalue weighted by atomic mass is 16.5. The summed E-state index contributed by atoms with van der Waals surface area (Å²) in [6.07, 6.45) is 0.858. The highest BCUT2D eigenvalue weighted by molar-refractivity contribution is 5.80. The van der Waals surface area contributed by atoms with Crippen molar-refractivity contribution < 1.29 is 14.6 Å². The van der Waals surface area contributed by atoms with Crippen LogP contribution in [0.2, 0.25) is 0 Å². The number of aliphatic hydroxyl groups excluding tert-OH is 1. The number of esters is 1. The summed E-state index contributed by atoms with van der Waals surface area (Å²) in [4.78, 5) is 11.5. The van der Waals surface area contributed by atoms with Crippen LogP contribution in [0.25, 0.3) is 0 Å². The predicted molar refractivity (Wildman–Crippen MR) is 46.9 cm³/mol. The average molecular weight is 182 g/mol. The van der Waals surface area contributed by atoms with Crippen molar-refractivity contribution in [1.29, 1.82) is 0 Å². The molecule has 1 aliphatic heterocycles. The van der Waals surface area contributed by atoms with Gasteiger partial charge in [-0.1, -0.05) is 12.2 Å². The zero-order valence-corrected chi connectivity index (χ0v) is 7.75. The lowest BCUT2D eigenvalue weighted by atomic mass is 9.65. The van der Waals surface area contributed by atoms with Crippen LogP contribution in [0.4, 0.5) is 0 Å². The lowest BCUT2D eigenvalue weighted by Gasteiger charge is -2.37. The molecule has 0 bridgehead atoms. The van der Waals surface area contributed by atoms with Crippen LogP contribution >= 0.6 is 0 Å². The second-order valence-corrected chi connectivity index (χ2v) is 4.15. The molecule has 3 nitrogen and oxygen atoms in total. The third kappa shape index (κ3) is 0.967. The molecule has 3 unspecified atom stereocenters. The van der Waals surface area contributed by atoms with Crippen LogP contribution in [0.5, 0.6) is 0 Å². The Kier molecular flexibility index (Phi) is 1.74. The quantitative estimate of drug-likeness (QED) is 0.447. The zero-order valence-electron chi connectivity index (χ0n) is 7.75. The fourth-order valence-electron chi connectivity index (χ4n) is 2.34. The first-order valence-corrected chi connectivity index (χ1v) is 4.59. The molecule has 3 heteroatoms. The number of cyclic esters (lactones) is 1. The van der Waals surface area contributed by atoms with Gasteiger partial charge in [-0.2, -0.15) is 0 Å². The van der Waals surface area contributed by atoms with Crippen LogP contribution in [-0.2, 0) is 9.53 Å². The number of ether oxygens (including phenoxy) is 1. The molecule has 0 spiro atoms. The van der Waals surface area contributed by atoms with E-state index in [1.165, 1.54) is 0 Å². The van der Waals surface area contributed by atoms with Crippen molar-refractivity contribution in [3.05, 3.63) is 12.2 Å². The minimum Gasteiger partial charge on any atom is -0.465 e. The van der Waals surface area contributed by atoms with Gasteiger partial charge in [-0.25, -0.2) is 0 Å². The van der Waals surface area contributed by atoms with Crippen molar-refractivity contribution in [2.45, 2.75) is 25.9 Å². The SMILES string of the molecule is C=C1CCC(O)C2(C)C(=O)OCC12. The Hall–Kier alpha value is -0.830. The van der Waals surface area contributed by atoms with E-state index in [1.807, 2.05) is 0 Å². The maximum atomic E-state index is 11.5. The highest BCUT2D eigenvalue weighted by Gasteiger charge is 2.56. The molecule has 1 heterocycles. The van der Waals surface area contributed by atoms with Gasteiger partial charge >= 0.3 is 5.97 Å². The number of hydrogen-bond donors (Lipinski definition) is 1. The smallest absolute Gasteiger partial charge is 0.315 e. The third-order valence-corrected chi connectivity index (χ3v) is 3.47. The van der Waals surface area contributed by atoms with Crippen LogP contribution < -0.4 is 0 Å². The fourth-order valence-corrected chi connectivity index (χ4v) is 2.34. The van der Waals surface area contributed by atoms with E-state index in [9.17, 15) is 9.90 Å². The van der Waals surface area contributed by atoms with Gasteiger partial charge < -0.3 is 9.84 Å². The summed E-state index contributed by atoms with van der Waals surface area (Å²) in [5.41, 5.74) is 0.314. The van der Waals surface area contributed by atoms with Gasteiger partial charge in [0.25, 0.3) is 0 Å². The van der Waals surface area contributed by atoms with Gasteiger partial charge in [0.15, 0.2) is 0 Å². The molecule has 0 aromatic heterocycles. The molecule has 1 saturated heterocycles. The Labute approximate surface area is 77.4 Å². The molecule has 0 aromatic rings. The van der Waals surface area contributed by atoms with Crippen molar-refractivity contribution in [2.75, 3.05) is 6.61 Å². The molecule has 1 aliphatic carbocycles. The molecule has 13 heavy (non-hydrogen) atoms. The molecule has 2 fully saturated rings. The van der Waals surface area contributed by atoms with E-state index >= 15 is 0 Å². The van der Waals surface area contributed by atoms with Crippen molar-refractivity contribution in [2.24, 2.45) is 11.3 Å². The summed E-state index contributed by atoms with van der Waals surface area (Å²) in [6, 6.07) is 0. The summed E-state index contributed by atoms with van der Waals surface area (Å²) in [5.74, 6) is -0.255. The van der Waals surface area contributed by atoms with Crippen LogP contribution in [0.15, 0.2) is 12.2 Å². The van der Waals surface area contributed by atoms with E-state index in [4.69, 9.17) is 4.74 Å². The number of carbonyl (C=O) groups excluding carboxylic acids is 1. The van der Waals surface area contributed by atoms with Gasteiger partial charge in [-0.05, 0) is 19.8 Å². The van der Waals surface area contributed by atoms with Gasteiger partial charge in [0.05, 0.1) is 12.7 Å². The summed E-state index contributed by atoms with van der Waals surface area (Å²) in [7, 11) is 0. The Bertz CT molecular complexity index is 271. The highest BCUT2D eigenvalue weighted by Crippen LogP contribution is 2.48. The molecule has 72 valence electrons. The molecule has 0 aromatic carbocycles. The zero-order chi connectivity index (χ0) is 9.64. The van der Waals surface area contributed by atoms with E-state index in [2.05, 4.69) is 6.58 Å². The van der Waals surface area contributed by atoms with Gasteiger partial charge in [0.2, 0.25) is 0 Å². The van der Waals surface area contributed by atoms with Crippen LogP contribution in [0.3, 0.4) is 0 Å². The normalized spacial score (nSPS) is 44.5. The molecule has 2 aliphatic rings. The molecular formula is C10H14O3. The lowest BCUT2D eigenvalue weighted by Crippen LogP contribution is -2.45. The Morgan fingerprint density at radius 1 is 1.69 bits per heavy atom. The van der Waals surface area contributed by atoms with E-state index in [1.54, 1.807) is 6.92 Å². The van der Waals surface area contributed by atoms with Crippen LogP contribution in [-0.4, -0.2) is 23.8 Å². The largest absolute Gasteiger partial charge is 0.465 e. The molecule has 1 saturated carbocycles. The van der Waals surface area contributed by atoms with Crippen molar-refractivity contribution in [3.8, 4) is 0 Å². The molecule has 0 amide bonds. The van der Waals surface area contributed by atoms with Crippen molar-refractivity contribution in [3.63, 3.8) is 0 Å². The summed E-state index contributed by atoms with van der Waals surface area (Å²) in [5, 5.41) is 9.78. The number of fused-ring (bicyclic) bond motifs is 1. The molecular weight excluding hydrogens is 168 g/mol. The molecule has 1 N–H and O–H groups in total. The number of carbonyl (C=O) groups is 1. The second-order valence-electron chi connectivity index (χ2n) is 4.15. The minimum absolute atomic E-state index is 0.0174. The maximum absolute atomic E-state index is 11.5. The summed E-state index contributed by atoms with van der Waals surface area (Å²) < 4.78 is 4.98. The van der Waals surface area contributed by atoms with Crippen molar-refractivity contribution in [1.82, 2.24) is 0 Å². The first-order valence-electron chi connectivity index (χ1n) is 4.59. The van der Waals surface area contributed by atoms with E-state index < -0.39 is 11.5 Å². The first-order chi connectivity index (χ1) is 6.06. The maximum Gasteiger partial charge on any atom is 0.315 e. The lowest BCUT2D eigenvalue weighted by molar-refractivity contribution is -0.152. The predicted octanol–water partition coefficient (Wildman–Crippen LogP) is 0.877. The topological polar surface area (TPSA) is 46.5 Å². The second kappa shape index (κ2) is 2.58. The molecule has 2 rings (SSSR count). The molecule has 0 radical (unpaired) electrons. The third-order valence-electron chi connectivity index (χ3n) is 3.47.